The maximum atomic E-state index is 12.9. The summed E-state index contributed by atoms with van der Waals surface area (Å²) in [6, 6.07) is 6.62. The van der Waals surface area contributed by atoms with Crippen LogP contribution in [0.5, 0.6) is 0 Å². The van der Waals surface area contributed by atoms with Crippen molar-refractivity contribution in [3.05, 3.63) is 41.9 Å². The number of ether oxygens (including phenoxy) is 2. The van der Waals surface area contributed by atoms with Gasteiger partial charge in [0.2, 0.25) is 0 Å². The van der Waals surface area contributed by atoms with Crippen molar-refractivity contribution in [2.45, 2.75) is 110 Å². The first kappa shape index (κ1) is 30.3. The molecule has 0 radical (unpaired) electrons. The number of benzene rings is 1. The molecule has 3 N–H and O–H groups in total. The van der Waals surface area contributed by atoms with E-state index in [0.29, 0.717) is 18.5 Å². The highest BCUT2D eigenvalue weighted by atomic mass is 16.6. The number of alkyl carbamates (subject to hydrolysis) is 1. The number of carbonyl (C=O) groups is 3. The average molecular weight is 541 g/mol. The Labute approximate surface area is 231 Å². The van der Waals surface area contributed by atoms with Crippen LogP contribution in [0.1, 0.15) is 102 Å². The van der Waals surface area contributed by atoms with Gasteiger partial charge in [-0.2, -0.15) is 0 Å². The Bertz CT molecular complexity index is 1140. The molecule has 2 aromatic rings. The Balaban J connectivity index is 1.53. The van der Waals surface area contributed by atoms with Crippen molar-refractivity contribution >= 4 is 17.8 Å². The van der Waals surface area contributed by atoms with E-state index < -0.39 is 23.3 Å². The Morgan fingerprint density at radius 3 is 2.33 bits per heavy atom. The number of rotatable bonds is 10. The number of aromatic nitrogens is 2. The molecular weight excluding hydrogens is 496 g/mol. The number of hydrogen-bond acceptors (Lipinski definition) is 7. The first-order valence-corrected chi connectivity index (χ1v) is 13.9. The van der Waals surface area contributed by atoms with Gasteiger partial charge in [0.25, 0.3) is 0 Å². The van der Waals surface area contributed by atoms with E-state index >= 15 is 0 Å². The van der Waals surface area contributed by atoms with Crippen LogP contribution in [0.3, 0.4) is 0 Å². The highest BCUT2D eigenvalue weighted by molar-refractivity contribution is 5.90. The van der Waals surface area contributed by atoms with Gasteiger partial charge in [-0.3, -0.25) is 4.79 Å². The van der Waals surface area contributed by atoms with Crippen LogP contribution in [0.25, 0.3) is 11.3 Å². The van der Waals surface area contributed by atoms with E-state index in [4.69, 9.17) is 20.2 Å². The fourth-order valence-electron chi connectivity index (χ4n) is 4.61. The van der Waals surface area contributed by atoms with E-state index in [9.17, 15) is 14.4 Å². The van der Waals surface area contributed by atoms with Gasteiger partial charge in [0.1, 0.15) is 22.8 Å². The van der Waals surface area contributed by atoms with E-state index in [1.54, 1.807) is 12.1 Å². The lowest BCUT2D eigenvalue weighted by atomic mass is 9.87. The van der Waals surface area contributed by atoms with Gasteiger partial charge in [0.05, 0.1) is 17.3 Å². The van der Waals surface area contributed by atoms with E-state index in [0.717, 1.165) is 55.7 Å². The second-order valence-electron chi connectivity index (χ2n) is 12.2. The number of fused-ring (bicyclic) bond motifs is 1. The fourth-order valence-corrected chi connectivity index (χ4v) is 4.61. The summed E-state index contributed by atoms with van der Waals surface area (Å²) in [5, 5.41) is 2.74. The molecule has 1 aromatic heterocycles. The summed E-state index contributed by atoms with van der Waals surface area (Å²) in [7, 11) is 0. The summed E-state index contributed by atoms with van der Waals surface area (Å²) in [6.45, 7) is 12.3. The second-order valence-corrected chi connectivity index (χ2v) is 12.2. The lowest BCUT2D eigenvalue weighted by Crippen LogP contribution is -2.39. The van der Waals surface area contributed by atoms with Crippen molar-refractivity contribution in [2.75, 3.05) is 6.54 Å². The number of nitrogens with two attached hydrogens (primary N) is 1. The lowest BCUT2D eigenvalue weighted by Gasteiger charge is -2.27. The smallest absolute Gasteiger partial charge is 0.407 e. The summed E-state index contributed by atoms with van der Waals surface area (Å²) in [5.74, 6) is 0.395. The monoisotopic (exact) mass is 540 g/mol. The number of nitrogens with zero attached hydrogens (tertiary/aromatic N) is 2. The van der Waals surface area contributed by atoms with E-state index in [-0.39, 0.29) is 17.7 Å². The molecule has 3 rings (SSSR count). The minimum atomic E-state index is -0.603. The molecule has 0 saturated heterocycles. The maximum Gasteiger partial charge on any atom is 0.407 e. The number of imidazole rings is 1. The van der Waals surface area contributed by atoms with Gasteiger partial charge in [-0.15, -0.1) is 0 Å². The molecule has 0 saturated carbocycles. The summed E-state index contributed by atoms with van der Waals surface area (Å²) >= 11 is 0. The van der Waals surface area contributed by atoms with Gasteiger partial charge in [-0.1, -0.05) is 18.6 Å². The first-order valence-electron chi connectivity index (χ1n) is 13.9. The largest absolute Gasteiger partial charge is 0.456 e. The number of unbranched alkanes of at least 4 members (excludes halogenated alkanes) is 2. The molecule has 9 nitrogen and oxygen atoms in total. The van der Waals surface area contributed by atoms with Crippen molar-refractivity contribution in [1.82, 2.24) is 14.9 Å². The number of amides is 1. The van der Waals surface area contributed by atoms with Crippen LogP contribution in [-0.4, -0.2) is 51.2 Å². The molecule has 1 amide bonds. The number of aryl methyl sites for hydroxylation is 1. The maximum absolute atomic E-state index is 12.9. The third-order valence-electron chi connectivity index (χ3n) is 6.44. The molecule has 0 spiro atoms. The van der Waals surface area contributed by atoms with Gasteiger partial charge >= 0.3 is 12.1 Å². The zero-order chi connectivity index (χ0) is 28.8. The average Bonchev–Trinajstić information content (AvgIpc) is 3.28. The third kappa shape index (κ3) is 9.20. The van der Waals surface area contributed by atoms with E-state index in [2.05, 4.69) is 9.88 Å². The highest BCUT2D eigenvalue weighted by Gasteiger charge is 2.32. The SMILES string of the molecule is CC(C)(C)OC(=O)NCCCCCC(=O)C(N)C1CCCn2cc(-c3ccc(C(=O)OC(C)(C)C)cc3)nc21. The molecule has 2 unspecified atom stereocenters. The van der Waals surface area contributed by atoms with Crippen LogP contribution >= 0.6 is 0 Å². The van der Waals surface area contributed by atoms with Crippen molar-refractivity contribution < 1.29 is 23.9 Å². The standard InChI is InChI=1S/C30H44N4O5/c1-29(2,3)38-27(36)21-15-13-20(14-16-21)23-19-34-18-10-11-22(26(34)33-23)25(31)24(35)12-8-7-9-17-32-28(37)39-30(4,5)6/h13-16,19,22,25H,7-12,17-18,31H2,1-6H3,(H,32,37). The Kier molecular flexibility index (Phi) is 9.93. The van der Waals surface area contributed by atoms with Crippen LogP contribution in [0, 0.1) is 0 Å². The molecule has 2 atom stereocenters. The minimum absolute atomic E-state index is 0.0415. The molecule has 9 heteroatoms. The van der Waals surface area contributed by atoms with Gasteiger partial charge in [-0.05, 0) is 79.4 Å². The quantitative estimate of drug-likeness (QED) is 0.307. The van der Waals surface area contributed by atoms with Gasteiger partial charge in [0, 0.05) is 37.2 Å². The van der Waals surface area contributed by atoms with Crippen LogP contribution in [0.4, 0.5) is 4.79 Å². The zero-order valence-electron chi connectivity index (χ0n) is 24.2. The third-order valence-corrected chi connectivity index (χ3v) is 6.44. The lowest BCUT2D eigenvalue weighted by molar-refractivity contribution is -0.121. The minimum Gasteiger partial charge on any atom is -0.456 e. The summed E-state index contributed by atoms with van der Waals surface area (Å²) < 4.78 is 12.8. The highest BCUT2D eigenvalue weighted by Crippen LogP contribution is 2.32. The Hall–Kier alpha value is -3.20. The molecule has 2 heterocycles. The van der Waals surface area contributed by atoms with Crippen molar-refractivity contribution in [3.8, 4) is 11.3 Å². The normalized spacial score (nSPS) is 16.2. The number of hydrogen-bond donors (Lipinski definition) is 2. The topological polar surface area (TPSA) is 126 Å². The fraction of sp³-hybridized carbons (Fsp3) is 0.600. The van der Waals surface area contributed by atoms with Gasteiger partial charge in [0.15, 0.2) is 0 Å². The molecule has 0 fully saturated rings. The van der Waals surface area contributed by atoms with Gasteiger partial charge in [-0.25, -0.2) is 14.6 Å². The van der Waals surface area contributed by atoms with Gasteiger partial charge < -0.3 is 25.1 Å². The summed E-state index contributed by atoms with van der Waals surface area (Å²) in [5.41, 5.74) is 7.57. The molecule has 214 valence electrons. The predicted octanol–water partition coefficient (Wildman–Crippen LogP) is 5.36. The van der Waals surface area contributed by atoms with Crippen LogP contribution < -0.4 is 11.1 Å². The van der Waals surface area contributed by atoms with Crippen LogP contribution in [0.15, 0.2) is 30.5 Å². The van der Waals surface area contributed by atoms with E-state index in [1.165, 1.54) is 0 Å². The number of esters is 1. The summed E-state index contributed by atoms with van der Waals surface area (Å²) in [6.07, 6.45) is 6.04. The van der Waals surface area contributed by atoms with Crippen LogP contribution in [0.2, 0.25) is 0 Å². The van der Waals surface area contributed by atoms with Crippen molar-refractivity contribution in [3.63, 3.8) is 0 Å². The first-order chi connectivity index (χ1) is 18.2. The summed E-state index contributed by atoms with van der Waals surface area (Å²) in [4.78, 5) is 41.8. The molecule has 1 aliphatic heterocycles. The predicted molar refractivity (Wildman–Crippen MR) is 150 cm³/mol. The zero-order valence-corrected chi connectivity index (χ0v) is 24.2. The Morgan fingerprint density at radius 1 is 1.03 bits per heavy atom. The molecule has 39 heavy (non-hydrogen) atoms. The molecule has 0 aliphatic carbocycles. The molecule has 1 aliphatic rings. The van der Waals surface area contributed by atoms with Crippen molar-refractivity contribution in [2.24, 2.45) is 5.73 Å². The molecule has 0 bridgehead atoms. The molecular formula is C30H44N4O5. The second kappa shape index (κ2) is 12.8. The molecule has 1 aromatic carbocycles. The Morgan fingerprint density at radius 2 is 1.69 bits per heavy atom. The number of Topliss-reactive ketones (excluding diaryl/α,β-unsaturated/α-hetero) is 1. The number of ketones is 1. The number of nitrogens with one attached hydrogen (secondary N) is 1. The van der Waals surface area contributed by atoms with E-state index in [1.807, 2.05) is 59.9 Å². The number of carbonyl (C=O) groups excluding carboxylic acids is 3. The van der Waals surface area contributed by atoms with Crippen LogP contribution in [-0.2, 0) is 20.8 Å². The van der Waals surface area contributed by atoms with Crippen molar-refractivity contribution in [1.29, 1.82) is 0 Å².